The Balaban J connectivity index is 2.23. The molecular weight excluding hydrogens is 258 g/mol. The number of thiophene rings is 1. The highest BCUT2D eigenvalue weighted by Crippen LogP contribution is 2.33. The molecule has 96 valence electrons. The van der Waals surface area contributed by atoms with Gasteiger partial charge in [0.05, 0.1) is 12.6 Å². The second kappa shape index (κ2) is 4.87. The average molecular weight is 271 g/mol. The lowest BCUT2D eigenvalue weighted by atomic mass is 10.1. The lowest BCUT2D eigenvalue weighted by molar-refractivity contribution is 0.415. The fraction of sp³-hybridized carbons (Fsp3) is 0.0714. The van der Waals surface area contributed by atoms with E-state index in [-0.39, 0.29) is 0 Å². The van der Waals surface area contributed by atoms with Gasteiger partial charge in [-0.2, -0.15) is 0 Å². The highest BCUT2D eigenvalue weighted by atomic mass is 32.1. The van der Waals surface area contributed by atoms with Gasteiger partial charge in [0.15, 0.2) is 0 Å². The average Bonchev–Trinajstić information content (AvgIpc) is 2.99. The second-order valence-electron chi connectivity index (χ2n) is 4.06. The minimum atomic E-state index is 0.670. The molecule has 0 aliphatic rings. The van der Waals surface area contributed by atoms with Gasteiger partial charge in [-0.3, -0.25) is 0 Å². The monoisotopic (exact) mass is 271 g/mol. The molecule has 0 radical (unpaired) electrons. The summed E-state index contributed by atoms with van der Waals surface area (Å²) >= 11 is 1.66. The lowest BCUT2D eigenvalue weighted by Crippen LogP contribution is -2.09. The van der Waals surface area contributed by atoms with E-state index in [0.29, 0.717) is 5.82 Å². The van der Waals surface area contributed by atoms with Crippen molar-refractivity contribution in [1.82, 2.24) is 4.98 Å². The van der Waals surface area contributed by atoms with Crippen molar-refractivity contribution in [3.05, 3.63) is 41.8 Å². The summed E-state index contributed by atoms with van der Waals surface area (Å²) in [6, 6.07) is 12.0. The second-order valence-corrected chi connectivity index (χ2v) is 5.01. The summed E-state index contributed by atoms with van der Waals surface area (Å²) in [6.07, 6.45) is 0. The summed E-state index contributed by atoms with van der Waals surface area (Å²) < 4.78 is 5.21. The van der Waals surface area contributed by atoms with Crippen LogP contribution in [0.25, 0.3) is 21.3 Å². The van der Waals surface area contributed by atoms with Gasteiger partial charge < -0.3 is 10.2 Å². The fourth-order valence-electron chi connectivity index (χ4n) is 2.00. The molecule has 3 rings (SSSR count). The first-order valence-corrected chi connectivity index (χ1v) is 6.69. The molecule has 19 heavy (non-hydrogen) atoms. The number of pyridine rings is 1. The van der Waals surface area contributed by atoms with Crippen LogP contribution in [0.1, 0.15) is 0 Å². The number of aromatic nitrogens is 1. The normalized spacial score (nSPS) is 10.6. The van der Waals surface area contributed by atoms with Crippen molar-refractivity contribution in [2.24, 2.45) is 5.84 Å². The summed E-state index contributed by atoms with van der Waals surface area (Å²) in [6.45, 7) is 0. The summed E-state index contributed by atoms with van der Waals surface area (Å²) in [4.78, 5) is 5.69. The minimum Gasteiger partial charge on any atom is -0.497 e. The maximum Gasteiger partial charge on any atom is 0.149 e. The Bertz CT molecular complexity index is 710. The Morgan fingerprint density at radius 1 is 1.26 bits per heavy atom. The molecule has 0 aliphatic heterocycles. The predicted molar refractivity (Wildman–Crippen MR) is 79.4 cm³/mol. The van der Waals surface area contributed by atoms with Gasteiger partial charge in [-0.05, 0) is 29.6 Å². The van der Waals surface area contributed by atoms with Crippen LogP contribution in [0.5, 0.6) is 5.75 Å². The van der Waals surface area contributed by atoms with Gasteiger partial charge >= 0.3 is 0 Å². The van der Waals surface area contributed by atoms with Crippen molar-refractivity contribution >= 4 is 28.1 Å². The molecule has 4 nitrogen and oxygen atoms in total. The molecule has 5 heteroatoms. The Hall–Kier alpha value is -2.11. The van der Waals surface area contributed by atoms with Crippen molar-refractivity contribution in [2.45, 2.75) is 0 Å². The maximum absolute atomic E-state index is 5.58. The van der Waals surface area contributed by atoms with Crippen LogP contribution in [-0.2, 0) is 0 Å². The largest absolute Gasteiger partial charge is 0.497 e. The molecule has 0 unspecified atom stereocenters. The number of rotatable bonds is 3. The Morgan fingerprint density at radius 3 is 2.84 bits per heavy atom. The summed E-state index contributed by atoms with van der Waals surface area (Å²) in [5.74, 6) is 7.03. The highest BCUT2D eigenvalue weighted by Gasteiger charge is 2.09. The van der Waals surface area contributed by atoms with Gasteiger partial charge in [0, 0.05) is 21.9 Å². The number of nitrogens with zero attached hydrogens (tertiary/aromatic N) is 1. The summed E-state index contributed by atoms with van der Waals surface area (Å²) in [7, 11) is 1.64. The number of fused-ring (bicyclic) bond motifs is 1. The van der Waals surface area contributed by atoms with E-state index in [2.05, 4.69) is 22.5 Å². The minimum absolute atomic E-state index is 0.670. The highest BCUT2D eigenvalue weighted by molar-refractivity contribution is 7.13. The third-order valence-corrected chi connectivity index (χ3v) is 3.85. The zero-order chi connectivity index (χ0) is 13.2. The molecule has 1 aromatic carbocycles. The van der Waals surface area contributed by atoms with Gasteiger partial charge in [-0.1, -0.05) is 6.07 Å². The number of hydrogen-bond donors (Lipinski definition) is 2. The Morgan fingerprint density at radius 2 is 2.16 bits per heavy atom. The van der Waals surface area contributed by atoms with Crippen LogP contribution in [0.4, 0.5) is 5.82 Å². The van der Waals surface area contributed by atoms with Crippen molar-refractivity contribution in [2.75, 3.05) is 12.5 Å². The smallest absolute Gasteiger partial charge is 0.149 e. The number of anilines is 1. The van der Waals surface area contributed by atoms with Gasteiger partial charge in [-0.15, -0.1) is 11.3 Å². The van der Waals surface area contributed by atoms with Crippen LogP contribution in [-0.4, -0.2) is 12.1 Å². The van der Waals surface area contributed by atoms with Crippen molar-refractivity contribution in [3.8, 4) is 16.2 Å². The van der Waals surface area contributed by atoms with E-state index in [9.17, 15) is 0 Å². The van der Waals surface area contributed by atoms with E-state index < -0.39 is 0 Å². The molecule has 0 saturated heterocycles. The van der Waals surface area contributed by atoms with Crippen molar-refractivity contribution in [3.63, 3.8) is 0 Å². The number of nitrogens with one attached hydrogen (secondary N) is 1. The number of methoxy groups -OCH3 is 1. The van der Waals surface area contributed by atoms with Crippen LogP contribution in [0.2, 0.25) is 0 Å². The number of hydrazine groups is 1. The molecule has 3 aromatic rings. The van der Waals surface area contributed by atoms with Crippen LogP contribution in [0.3, 0.4) is 0 Å². The molecular formula is C14H13N3OS. The SMILES string of the molecule is COc1ccc2cc(-c3cccs3)c(NN)nc2c1. The predicted octanol–water partition coefficient (Wildman–Crippen LogP) is 3.26. The number of benzene rings is 1. The molecule has 0 aliphatic carbocycles. The zero-order valence-electron chi connectivity index (χ0n) is 10.4. The maximum atomic E-state index is 5.58. The number of nitrogen functional groups attached to an aromatic ring is 1. The van der Waals surface area contributed by atoms with Gasteiger partial charge in [0.2, 0.25) is 0 Å². The molecule has 2 heterocycles. The first-order valence-electron chi connectivity index (χ1n) is 5.81. The molecule has 0 spiro atoms. The first kappa shape index (κ1) is 12.0. The number of nitrogens with two attached hydrogens (primary N) is 1. The molecule has 0 fully saturated rings. The zero-order valence-corrected chi connectivity index (χ0v) is 11.2. The van der Waals surface area contributed by atoms with Gasteiger partial charge in [0.1, 0.15) is 11.6 Å². The molecule has 3 N–H and O–H groups in total. The van der Waals surface area contributed by atoms with Gasteiger partial charge in [0.25, 0.3) is 0 Å². The summed E-state index contributed by atoms with van der Waals surface area (Å²) in [5, 5.41) is 3.09. The standard InChI is InChI=1S/C14H13N3OS/c1-18-10-5-4-9-7-11(13-3-2-6-19-13)14(17-15)16-12(9)8-10/h2-8H,15H2,1H3,(H,16,17). The lowest BCUT2D eigenvalue weighted by Gasteiger charge is -2.09. The first-order chi connectivity index (χ1) is 9.31. The number of ether oxygens (including phenoxy) is 1. The molecule has 0 bridgehead atoms. The Labute approximate surface area is 114 Å². The van der Waals surface area contributed by atoms with E-state index in [1.165, 1.54) is 0 Å². The number of hydrogen-bond acceptors (Lipinski definition) is 5. The third-order valence-electron chi connectivity index (χ3n) is 2.95. The van der Waals surface area contributed by atoms with E-state index in [0.717, 1.165) is 27.1 Å². The van der Waals surface area contributed by atoms with E-state index in [1.54, 1.807) is 18.4 Å². The molecule has 2 aromatic heterocycles. The van der Waals surface area contributed by atoms with Crippen molar-refractivity contribution in [1.29, 1.82) is 0 Å². The topological polar surface area (TPSA) is 60.2 Å². The van der Waals surface area contributed by atoms with E-state index in [4.69, 9.17) is 10.6 Å². The van der Waals surface area contributed by atoms with Crippen LogP contribution < -0.4 is 16.0 Å². The van der Waals surface area contributed by atoms with Gasteiger partial charge in [-0.25, -0.2) is 10.8 Å². The quantitative estimate of drug-likeness (QED) is 0.567. The Kier molecular flexibility index (Phi) is 3.06. The van der Waals surface area contributed by atoms with E-state index >= 15 is 0 Å². The molecule has 0 atom stereocenters. The molecule has 0 amide bonds. The van der Waals surface area contributed by atoms with E-state index in [1.807, 2.05) is 29.6 Å². The third kappa shape index (κ3) is 2.14. The van der Waals surface area contributed by atoms with Crippen LogP contribution >= 0.6 is 11.3 Å². The summed E-state index contributed by atoms with van der Waals surface area (Å²) in [5.41, 5.74) is 4.53. The van der Waals surface area contributed by atoms with Crippen molar-refractivity contribution < 1.29 is 4.74 Å². The molecule has 0 saturated carbocycles. The fourth-order valence-corrected chi connectivity index (χ4v) is 2.75. The van der Waals surface area contributed by atoms with Crippen LogP contribution in [0, 0.1) is 0 Å². The van der Waals surface area contributed by atoms with Crippen LogP contribution in [0.15, 0.2) is 41.8 Å².